The zero-order chi connectivity index (χ0) is 9.52. The molecule has 0 amide bonds. The van der Waals surface area contributed by atoms with E-state index in [1.807, 2.05) is 43.3 Å². The first-order chi connectivity index (χ1) is 6.33. The van der Waals surface area contributed by atoms with E-state index in [-0.39, 0.29) is 0 Å². The fourth-order valence-corrected chi connectivity index (χ4v) is 1.00. The third-order valence-electron chi connectivity index (χ3n) is 1.65. The van der Waals surface area contributed by atoms with Gasteiger partial charge in [-0.1, -0.05) is 37.3 Å². The lowest BCUT2D eigenvalue weighted by Crippen LogP contribution is -2.02. The highest BCUT2D eigenvalue weighted by Gasteiger charge is 1.92. The maximum Gasteiger partial charge on any atom is 0.180 e. The van der Waals surface area contributed by atoms with Crippen molar-refractivity contribution in [3.63, 3.8) is 0 Å². The molecule has 2 heteroatoms. The van der Waals surface area contributed by atoms with Crippen molar-refractivity contribution in [2.24, 2.45) is 5.73 Å². The second-order valence-corrected chi connectivity index (χ2v) is 2.79. The molecular weight excluding hydrogens is 162 g/mol. The topological polar surface area (TPSA) is 35.2 Å². The van der Waals surface area contributed by atoms with E-state index in [0.717, 1.165) is 12.0 Å². The van der Waals surface area contributed by atoms with E-state index < -0.39 is 0 Å². The average Bonchev–Trinajstić information content (AvgIpc) is 2.17. The molecule has 1 aromatic rings. The van der Waals surface area contributed by atoms with Crippen molar-refractivity contribution in [1.82, 2.24) is 0 Å². The van der Waals surface area contributed by atoms with Gasteiger partial charge in [-0.05, 0) is 18.1 Å². The minimum Gasteiger partial charge on any atom is -0.475 e. The number of hydrogen-bond acceptors (Lipinski definition) is 2. The highest BCUT2D eigenvalue weighted by atomic mass is 16.5. The van der Waals surface area contributed by atoms with Crippen molar-refractivity contribution in [2.75, 3.05) is 0 Å². The summed E-state index contributed by atoms with van der Waals surface area (Å²) in [6.07, 6.45) is 2.77. The van der Waals surface area contributed by atoms with Gasteiger partial charge in [0.25, 0.3) is 0 Å². The standard InChI is InChI=1S/C11H15NO/c1-2-6-11(12)13-9-10-7-4-3-5-8-10/h3-8H,2,9,12H2,1H3/b11-6+. The van der Waals surface area contributed by atoms with Gasteiger partial charge in [0.15, 0.2) is 5.88 Å². The van der Waals surface area contributed by atoms with Crippen molar-refractivity contribution in [3.05, 3.63) is 47.9 Å². The monoisotopic (exact) mass is 177 g/mol. The molecule has 0 aliphatic rings. The molecule has 0 radical (unpaired) electrons. The first-order valence-corrected chi connectivity index (χ1v) is 4.45. The van der Waals surface area contributed by atoms with E-state index in [1.165, 1.54) is 0 Å². The normalized spacial score (nSPS) is 11.3. The van der Waals surface area contributed by atoms with Crippen molar-refractivity contribution in [3.8, 4) is 0 Å². The molecule has 0 aliphatic heterocycles. The molecule has 0 saturated heterocycles. The molecule has 1 aromatic carbocycles. The van der Waals surface area contributed by atoms with Gasteiger partial charge in [0.05, 0.1) is 0 Å². The summed E-state index contributed by atoms with van der Waals surface area (Å²) in [7, 11) is 0. The van der Waals surface area contributed by atoms with Crippen LogP contribution >= 0.6 is 0 Å². The van der Waals surface area contributed by atoms with Crippen molar-refractivity contribution < 1.29 is 4.74 Å². The molecule has 70 valence electrons. The van der Waals surface area contributed by atoms with E-state index >= 15 is 0 Å². The van der Waals surface area contributed by atoms with Gasteiger partial charge >= 0.3 is 0 Å². The molecular formula is C11H15NO. The molecule has 0 atom stereocenters. The van der Waals surface area contributed by atoms with Gasteiger partial charge < -0.3 is 10.5 Å². The van der Waals surface area contributed by atoms with Gasteiger partial charge in [-0.3, -0.25) is 0 Å². The van der Waals surface area contributed by atoms with Crippen LogP contribution in [-0.2, 0) is 11.3 Å². The minimum atomic E-state index is 0.506. The zero-order valence-electron chi connectivity index (χ0n) is 7.86. The summed E-state index contributed by atoms with van der Waals surface area (Å²) >= 11 is 0. The number of benzene rings is 1. The third-order valence-corrected chi connectivity index (χ3v) is 1.65. The Morgan fingerprint density at radius 3 is 2.69 bits per heavy atom. The number of hydrogen-bond donors (Lipinski definition) is 1. The van der Waals surface area contributed by atoms with Gasteiger partial charge in [0.1, 0.15) is 6.61 Å². The fraction of sp³-hybridized carbons (Fsp3) is 0.273. The lowest BCUT2D eigenvalue weighted by Gasteiger charge is -2.05. The van der Waals surface area contributed by atoms with Crippen LogP contribution in [0.5, 0.6) is 0 Å². The zero-order valence-corrected chi connectivity index (χ0v) is 7.86. The summed E-state index contributed by atoms with van der Waals surface area (Å²) in [5.74, 6) is 0.506. The lowest BCUT2D eigenvalue weighted by molar-refractivity contribution is 0.195. The van der Waals surface area contributed by atoms with Crippen LogP contribution in [0.2, 0.25) is 0 Å². The summed E-state index contributed by atoms with van der Waals surface area (Å²) < 4.78 is 5.31. The Labute approximate surface area is 79.0 Å². The SMILES string of the molecule is CC/C=C(\N)OCc1ccccc1. The second kappa shape index (κ2) is 5.25. The first kappa shape index (κ1) is 9.65. The van der Waals surface area contributed by atoms with E-state index in [2.05, 4.69) is 0 Å². The van der Waals surface area contributed by atoms with Crippen molar-refractivity contribution >= 4 is 0 Å². The van der Waals surface area contributed by atoms with Gasteiger partial charge in [0, 0.05) is 0 Å². The van der Waals surface area contributed by atoms with Crippen LogP contribution < -0.4 is 5.73 Å². The Bertz CT molecular complexity index is 267. The van der Waals surface area contributed by atoms with E-state index in [0.29, 0.717) is 12.5 Å². The maximum absolute atomic E-state index is 5.57. The van der Waals surface area contributed by atoms with Crippen molar-refractivity contribution in [1.29, 1.82) is 0 Å². The number of allylic oxidation sites excluding steroid dienone is 1. The number of nitrogens with two attached hydrogens (primary N) is 1. The van der Waals surface area contributed by atoms with Gasteiger partial charge in [-0.25, -0.2) is 0 Å². The molecule has 13 heavy (non-hydrogen) atoms. The predicted octanol–water partition coefficient (Wildman–Crippen LogP) is 2.41. The molecule has 2 nitrogen and oxygen atoms in total. The summed E-state index contributed by atoms with van der Waals surface area (Å²) in [6.45, 7) is 2.57. The van der Waals surface area contributed by atoms with Crippen LogP contribution in [0, 0.1) is 0 Å². The van der Waals surface area contributed by atoms with Crippen LogP contribution in [0.1, 0.15) is 18.9 Å². The lowest BCUT2D eigenvalue weighted by atomic mass is 10.2. The summed E-state index contributed by atoms with van der Waals surface area (Å²) in [5, 5.41) is 0. The molecule has 0 heterocycles. The van der Waals surface area contributed by atoms with Crippen LogP contribution in [-0.4, -0.2) is 0 Å². The molecule has 1 rings (SSSR count). The third kappa shape index (κ3) is 3.65. The largest absolute Gasteiger partial charge is 0.475 e. The Kier molecular flexibility index (Phi) is 3.89. The molecule has 2 N–H and O–H groups in total. The van der Waals surface area contributed by atoms with Crippen LogP contribution in [0.25, 0.3) is 0 Å². The maximum atomic E-state index is 5.57. The molecule has 0 aromatic heterocycles. The number of rotatable bonds is 4. The molecule has 0 bridgehead atoms. The fourth-order valence-electron chi connectivity index (χ4n) is 1.00. The predicted molar refractivity (Wildman–Crippen MR) is 53.8 cm³/mol. The molecule has 0 spiro atoms. The molecule has 0 unspecified atom stereocenters. The minimum absolute atomic E-state index is 0.506. The van der Waals surface area contributed by atoms with Crippen molar-refractivity contribution in [2.45, 2.75) is 20.0 Å². The van der Waals surface area contributed by atoms with Gasteiger partial charge in [-0.2, -0.15) is 0 Å². The van der Waals surface area contributed by atoms with Gasteiger partial charge in [0.2, 0.25) is 0 Å². The van der Waals surface area contributed by atoms with Crippen LogP contribution in [0.4, 0.5) is 0 Å². The molecule has 0 saturated carbocycles. The smallest absolute Gasteiger partial charge is 0.180 e. The summed E-state index contributed by atoms with van der Waals surface area (Å²) in [5.41, 5.74) is 6.71. The molecule has 0 aliphatic carbocycles. The first-order valence-electron chi connectivity index (χ1n) is 4.45. The second-order valence-electron chi connectivity index (χ2n) is 2.79. The van der Waals surface area contributed by atoms with Gasteiger partial charge in [-0.15, -0.1) is 0 Å². The Hall–Kier alpha value is -1.44. The van der Waals surface area contributed by atoms with E-state index in [1.54, 1.807) is 0 Å². The average molecular weight is 177 g/mol. The van der Waals surface area contributed by atoms with E-state index in [9.17, 15) is 0 Å². The number of ether oxygens (including phenoxy) is 1. The highest BCUT2D eigenvalue weighted by Crippen LogP contribution is 2.02. The molecule has 0 fully saturated rings. The Morgan fingerprint density at radius 1 is 1.38 bits per heavy atom. The summed E-state index contributed by atoms with van der Waals surface area (Å²) in [6, 6.07) is 9.98. The highest BCUT2D eigenvalue weighted by molar-refractivity contribution is 5.13. The quantitative estimate of drug-likeness (QED) is 0.717. The van der Waals surface area contributed by atoms with E-state index in [4.69, 9.17) is 10.5 Å². The Morgan fingerprint density at radius 2 is 2.08 bits per heavy atom. The van der Waals surface area contributed by atoms with Crippen LogP contribution in [0.15, 0.2) is 42.3 Å². The van der Waals surface area contributed by atoms with Crippen LogP contribution in [0.3, 0.4) is 0 Å². The Balaban J connectivity index is 2.39. The summed E-state index contributed by atoms with van der Waals surface area (Å²) in [4.78, 5) is 0.